The molecule has 0 aromatic rings. The number of rotatable bonds is 0. The SMILES string of the molecule is B/C(=N\P)NP. The zero-order chi connectivity index (χ0) is 4.99. The van der Waals surface area contributed by atoms with E-state index < -0.39 is 0 Å². The van der Waals surface area contributed by atoms with Crippen molar-refractivity contribution in [1.29, 1.82) is 0 Å². The van der Waals surface area contributed by atoms with Crippen molar-refractivity contribution in [2.45, 2.75) is 0 Å². The van der Waals surface area contributed by atoms with Crippen molar-refractivity contribution in [1.82, 2.24) is 5.09 Å². The predicted molar refractivity (Wildman–Crippen MR) is 38.5 cm³/mol. The maximum atomic E-state index is 3.71. The number of nitrogens with one attached hydrogen (secondary N) is 1. The molecule has 0 amide bonds. The highest BCUT2D eigenvalue weighted by Crippen LogP contribution is 1.80. The van der Waals surface area contributed by atoms with Crippen LogP contribution in [0.2, 0.25) is 0 Å². The molecular formula is CH7BN2P2. The standard InChI is InChI=1S/CH7BN2P2/c2-1(3-5)4-6/h2,5-6H2,(H,3,4). The highest BCUT2D eigenvalue weighted by molar-refractivity contribution is 7.18. The van der Waals surface area contributed by atoms with E-state index in [4.69, 9.17) is 0 Å². The molecule has 0 saturated carbocycles. The lowest BCUT2D eigenvalue weighted by atomic mass is 10.1. The zero-order valence-electron chi connectivity index (χ0n) is 3.60. The van der Waals surface area contributed by atoms with Crippen LogP contribution in [0.4, 0.5) is 0 Å². The second kappa shape index (κ2) is 3.58. The van der Waals surface area contributed by atoms with Gasteiger partial charge in [-0.25, -0.2) is 0 Å². The fourth-order valence-electron chi connectivity index (χ4n) is 0.0373. The van der Waals surface area contributed by atoms with Crippen molar-refractivity contribution in [3.8, 4) is 0 Å². The second-order valence-corrected chi connectivity index (χ2v) is 1.41. The lowest BCUT2D eigenvalue weighted by molar-refractivity contribution is 1.58. The average molecular weight is 120 g/mol. The topological polar surface area (TPSA) is 24.4 Å². The molecule has 0 aromatic carbocycles. The highest BCUT2D eigenvalue weighted by atomic mass is 31.0. The number of hydrogen-bond acceptors (Lipinski definition) is 1. The van der Waals surface area contributed by atoms with Gasteiger partial charge in [0, 0.05) is 0 Å². The first-order chi connectivity index (χ1) is 2.81. The number of hydrogen-bond donors (Lipinski definition) is 1. The van der Waals surface area contributed by atoms with Crippen LogP contribution in [0.3, 0.4) is 0 Å². The molecule has 2 nitrogen and oxygen atoms in total. The Morgan fingerprint density at radius 1 is 1.83 bits per heavy atom. The zero-order valence-corrected chi connectivity index (χ0v) is 5.91. The van der Waals surface area contributed by atoms with E-state index in [0.717, 1.165) is 5.73 Å². The number of amidine groups is 1. The van der Waals surface area contributed by atoms with Crippen molar-refractivity contribution in [2.24, 2.45) is 4.76 Å². The molecule has 0 heterocycles. The molecule has 0 spiro atoms. The molecule has 0 aliphatic rings. The summed E-state index contributed by atoms with van der Waals surface area (Å²) in [7, 11) is 6.47. The van der Waals surface area contributed by atoms with Crippen LogP contribution in [0.15, 0.2) is 4.76 Å². The summed E-state index contributed by atoms with van der Waals surface area (Å²) in [6.07, 6.45) is 0. The molecule has 6 heavy (non-hydrogen) atoms. The van der Waals surface area contributed by atoms with E-state index in [2.05, 4.69) is 28.6 Å². The van der Waals surface area contributed by atoms with Gasteiger partial charge in [0.05, 0.1) is 5.73 Å². The van der Waals surface area contributed by atoms with E-state index in [1.54, 1.807) is 0 Å². The van der Waals surface area contributed by atoms with Gasteiger partial charge in [0.1, 0.15) is 0 Å². The lowest BCUT2D eigenvalue weighted by Gasteiger charge is -1.89. The smallest absolute Gasteiger partial charge is 0.185 e. The molecule has 2 atom stereocenters. The Morgan fingerprint density at radius 2 is 2.33 bits per heavy atom. The summed E-state index contributed by atoms with van der Waals surface area (Å²) in [6, 6.07) is 0. The van der Waals surface area contributed by atoms with E-state index in [1.165, 1.54) is 0 Å². The van der Waals surface area contributed by atoms with Crippen LogP contribution in [0.25, 0.3) is 0 Å². The molecule has 1 N–H and O–H groups in total. The summed E-state index contributed by atoms with van der Waals surface area (Å²) in [5.41, 5.74) is 0.894. The second-order valence-electron chi connectivity index (χ2n) is 0.859. The molecule has 0 aromatic heterocycles. The minimum absolute atomic E-state index is 0.894. The summed E-state index contributed by atoms with van der Waals surface area (Å²) in [5.74, 6) is 0. The summed E-state index contributed by atoms with van der Waals surface area (Å²) in [4.78, 5) is 0. The fourth-order valence-corrected chi connectivity index (χ4v) is 0.335. The summed E-state index contributed by atoms with van der Waals surface area (Å²) in [6.45, 7) is 0. The average Bonchev–Trinajstić information content (AvgIpc) is 1.65. The van der Waals surface area contributed by atoms with E-state index in [9.17, 15) is 0 Å². The first-order valence-corrected chi connectivity index (χ1v) is 2.61. The Morgan fingerprint density at radius 3 is 2.33 bits per heavy atom. The molecule has 0 fully saturated rings. The third kappa shape index (κ3) is 2.62. The van der Waals surface area contributed by atoms with Gasteiger partial charge in [-0.2, -0.15) is 0 Å². The lowest BCUT2D eigenvalue weighted by Crippen LogP contribution is -2.09. The fraction of sp³-hybridized carbons (Fsp3) is 0. The predicted octanol–water partition coefficient (Wildman–Crippen LogP) is -0.855. The molecule has 5 heteroatoms. The Kier molecular flexibility index (Phi) is 3.82. The van der Waals surface area contributed by atoms with Crippen LogP contribution in [-0.2, 0) is 0 Å². The Labute approximate surface area is 43.1 Å². The van der Waals surface area contributed by atoms with E-state index in [1.807, 2.05) is 7.85 Å². The van der Waals surface area contributed by atoms with Gasteiger partial charge in [0.2, 0.25) is 0 Å². The van der Waals surface area contributed by atoms with Gasteiger partial charge in [-0.1, -0.05) is 0 Å². The minimum atomic E-state index is 0.894. The third-order valence-corrected chi connectivity index (χ3v) is 1.21. The first kappa shape index (κ1) is 6.39. The quantitative estimate of drug-likeness (QED) is 0.191. The Balaban J connectivity index is 3.22. The van der Waals surface area contributed by atoms with Crippen molar-refractivity contribution in [3.63, 3.8) is 0 Å². The first-order valence-electron chi connectivity index (χ1n) is 1.52. The Bertz CT molecular complexity index is 62.6. The van der Waals surface area contributed by atoms with Gasteiger partial charge >= 0.3 is 0 Å². The molecule has 34 valence electrons. The summed E-state index contributed by atoms with van der Waals surface area (Å²) >= 11 is 0. The molecule has 0 saturated heterocycles. The van der Waals surface area contributed by atoms with Crippen molar-refractivity contribution >= 4 is 32.4 Å². The highest BCUT2D eigenvalue weighted by Gasteiger charge is 1.72. The monoisotopic (exact) mass is 120 g/mol. The Hall–Kier alpha value is 0.395. The van der Waals surface area contributed by atoms with Gasteiger partial charge in [0.15, 0.2) is 7.85 Å². The minimum Gasteiger partial charge on any atom is -0.367 e. The maximum Gasteiger partial charge on any atom is 0.185 e. The molecule has 2 unspecified atom stereocenters. The van der Waals surface area contributed by atoms with Crippen LogP contribution < -0.4 is 5.09 Å². The van der Waals surface area contributed by atoms with E-state index in [0.29, 0.717) is 0 Å². The molecule has 0 bridgehead atoms. The van der Waals surface area contributed by atoms with Gasteiger partial charge in [-0.3, -0.25) is 4.76 Å². The van der Waals surface area contributed by atoms with Crippen molar-refractivity contribution in [3.05, 3.63) is 0 Å². The summed E-state index contributed by atoms with van der Waals surface area (Å²) in [5, 5.41) is 2.76. The van der Waals surface area contributed by atoms with Crippen molar-refractivity contribution < 1.29 is 0 Å². The molecule has 0 radical (unpaired) electrons. The van der Waals surface area contributed by atoms with E-state index in [-0.39, 0.29) is 0 Å². The van der Waals surface area contributed by atoms with Gasteiger partial charge in [-0.15, -0.1) is 0 Å². The van der Waals surface area contributed by atoms with Gasteiger partial charge < -0.3 is 5.09 Å². The molecule has 0 aliphatic heterocycles. The van der Waals surface area contributed by atoms with Crippen LogP contribution in [0, 0.1) is 0 Å². The maximum absolute atomic E-state index is 3.71. The molecule has 0 rings (SSSR count). The normalized spacial score (nSPS) is 11.3. The van der Waals surface area contributed by atoms with Crippen LogP contribution in [-0.4, -0.2) is 13.6 Å². The van der Waals surface area contributed by atoms with Gasteiger partial charge in [-0.05, 0) is 18.8 Å². The largest absolute Gasteiger partial charge is 0.367 e. The third-order valence-electron chi connectivity index (χ3n) is 0.403. The van der Waals surface area contributed by atoms with Crippen molar-refractivity contribution in [2.75, 3.05) is 0 Å². The summed E-state index contributed by atoms with van der Waals surface area (Å²) < 4.78 is 3.71. The number of nitrogens with zero attached hydrogens (tertiary/aromatic N) is 1. The van der Waals surface area contributed by atoms with Crippen LogP contribution in [0.5, 0.6) is 0 Å². The van der Waals surface area contributed by atoms with Crippen LogP contribution in [0.1, 0.15) is 0 Å². The van der Waals surface area contributed by atoms with Crippen LogP contribution >= 0.6 is 18.8 Å². The molecular weight excluding hydrogens is 113 g/mol. The van der Waals surface area contributed by atoms with E-state index >= 15 is 0 Å². The van der Waals surface area contributed by atoms with Gasteiger partial charge in [0.25, 0.3) is 0 Å². The molecule has 0 aliphatic carbocycles.